The Balaban J connectivity index is 0.000000500. The number of fused-ring (bicyclic) bond motifs is 2. The van der Waals surface area contributed by atoms with E-state index in [9.17, 15) is 5.11 Å². The van der Waals surface area contributed by atoms with E-state index in [1.807, 2.05) is 0 Å². The van der Waals surface area contributed by atoms with Crippen LogP contribution in [-0.4, -0.2) is 24.3 Å². The molecule has 10 heavy (non-hydrogen) atoms. The third-order valence-electron chi connectivity index (χ3n) is 2.69. The van der Waals surface area contributed by atoms with E-state index in [2.05, 4.69) is 5.32 Å². The summed E-state index contributed by atoms with van der Waals surface area (Å²) in [7, 11) is 0. The number of aliphatic hydroxyl groups excluding tert-OH is 1. The van der Waals surface area contributed by atoms with Gasteiger partial charge in [0.2, 0.25) is 0 Å². The zero-order chi connectivity index (χ0) is 6.27. The Morgan fingerprint density at radius 3 is 2.00 bits per heavy atom. The molecule has 2 aliphatic rings. The molecule has 1 aliphatic carbocycles. The third kappa shape index (κ3) is 1.16. The zero-order valence-electron chi connectivity index (χ0n) is 5.92. The number of rotatable bonds is 0. The molecule has 0 spiro atoms. The number of nitrogens with one attached hydrogen (secondary N) is 1. The lowest BCUT2D eigenvalue weighted by Crippen LogP contribution is -2.41. The largest absolute Gasteiger partial charge is 0.392 e. The van der Waals surface area contributed by atoms with E-state index in [1.54, 1.807) is 0 Å². The van der Waals surface area contributed by atoms with Gasteiger partial charge in [-0.3, -0.25) is 0 Å². The van der Waals surface area contributed by atoms with Gasteiger partial charge in [-0.2, -0.15) is 0 Å². The second-order valence-corrected chi connectivity index (χ2v) is 3.25. The molecule has 0 amide bonds. The summed E-state index contributed by atoms with van der Waals surface area (Å²) in [5, 5.41) is 12.8. The second-order valence-electron chi connectivity index (χ2n) is 3.25. The maximum atomic E-state index is 9.47. The molecule has 0 aromatic carbocycles. The standard InChI is InChI=1S/C7H13NO.ClH/c9-7-5-1-2-6(7)4-8-3-5;/h5-9H,1-4H2;1H/t5-,6-;/m0./s1. The molecule has 0 aromatic rings. The molecule has 2 fully saturated rings. The molecule has 2 atom stereocenters. The number of hydrogen-bond acceptors (Lipinski definition) is 2. The van der Waals surface area contributed by atoms with Crippen molar-refractivity contribution in [2.45, 2.75) is 18.9 Å². The Morgan fingerprint density at radius 1 is 1.10 bits per heavy atom. The van der Waals surface area contributed by atoms with Gasteiger partial charge in [-0.15, -0.1) is 12.4 Å². The normalized spacial score (nSPS) is 44.7. The van der Waals surface area contributed by atoms with Crippen LogP contribution in [0.4, 0.5) is 0 Å². The second kappa shape index (κ2) is 3.07. The SMILES string of the molecule is Cl.OC1[C@H]2CC[C@H]1CNC2. The fraction of sp³-hybridized carbons (Fsp3) is 1.00. The van der Waals surface area contributed by atoms with Crippen LogP contribution < -0.4 is 5.32 Å². The molecule has 1 saturated carbocycles. The van der Waals surface area contributed by atoms with Gasteiger partial charge in [-0.25, -0.2) is 0 Å². The number of aliphatic hydroxyl groups is 1. The molecule has 2 N–H and O–H groups in total. The van der Waals surface area contributed by atoms with Crippen molar-refractivity contribution < 1.29 is 5.11 Å². The summed E-state index contributed by atoms with van der Waals surface area (Å²) in [6.45, 7) is 2.08. The minimum Gasteiger partial charge on any atom is -0.392 e. The maximum Gasteiger partial charge on any atom is 0.0620 e. The highest BCUT2D eigenvalue weighted by Gasteiger charge is 2.37. The summed E-state index contributed by atoms with van der Waals surface area (Å²) in [5.41, 5.74) is 0. The third-order valence-corrected chi connectivity index (χ3v) is 2.69. The molecule has 1 aliphatic heterocycles. The average molecular weight is 164 g/mol. The molecule has 1 heterocycles. The van der Waals surface area contributed by atoms with Crippen molar-refractivity contribution in [3.8, 4) is 0 Å². The van der Waals surface area contributed by atoms with Crippen molar-refractivity contribution in [1.82, 2.24) is 5.32 Å². The maximum absolute atomic E-state index is 9.47. The Hall–Kier alpha value is 0.210. The van der Waals surface area contributed by atoms with Crippen LogP contribution in [-0.2, 0) is 0 Å². The Morgan fingerprint density at radius 2 is 1.60 bits per heavy atom. The summed E-state index contributed by atoms with van der Waals surface area (Å²) in [6.07, 6.45) is 2.49. The van der Waals surface area contributed by atoms with Gasteiger partial charge in [0.15, 0.2) is 0 Å². The van der Waals surface area contributed by atoms with Crippen LogP contribution in [0.15, 0.2) is 0 Å². The molecule has 0 unspecified atom stereocenters. The van der Waals surface area contributed by atoms with Crippen molar-refractivity contribution in [2.75, 3.05) is 13.1 Å². The van der Waals surface area contributed by atoms with Crippen molar-refractivity contribution >= 4 is 12.4 Å². The first-order valence-corrected chi connectivity index (χ1v) is 3.76. The fourth-order valence-corrected chi connectivity index (χ4v) is 2.05. The summed E-state index contributed by atoms with van der Waals surface area (Å²) in [4.78, 5) is 0. The van der Waals surface area contributed by atoms with E-state index in [0.29, 0.717) is 11.8 Å². The molecule has 0 radical (unpaired) electrons. The number of piperidine rings is 1. The summed E-state index contributed by atoms with van der Waals surface area (Å²) < 4.78 is 0. The lowest BCUT2D eigenvalue weighted by molar-refractivity contribution is 0.0700. The summed E-state index contributed by atoms with van der Waals surface area (Å²) in [5.74, 6) is 1.15. The van der Waals surface area contributed by atoms with Crippen molar-refractivity contribution in [2.24, 2.45) is 11.8 Å². The number of halogens is 1. The van der Waals surface area contributed by atoms with Gasteiger partial charge < -0.3 is 10.4 Å². The Kier molecular flexibility index (Phi) is 2.55. The highest BCUT2D eigenvalue weighted by atomic mass is 35.5. The predicted molar refractivity (Wildman–Crippen MR) is 42.3 cm³/mol. The van der Waals surface area contributed by atoms with E-state index >= 15 is 0 Å². The molecule has 2 rings (SSSR count). The van der Waals surface area contributed by atoms with E-state index in [4.69, 9.17) is 0 Å². The van der Waals surface area contributed by atoms with E-state index in [0.717, 1.165) is 13.1 Å². The molecule has 2 nitrogen and oxygen atoms in total. The summed E-state index contributed by atoms with van der Waals surface area (Å²) >= 11 is 0. The fourth-order valence-electron chi connectivity index (χ4n) is 2.05. The first-order valence-electron chi connectivity index (χ1n) is 3.76. The van der Waals surface area contributed by atoms with Crippen LogP contribution in [0.3, 0.4) is 0 Å². The van der Waals surface area contributed by atoms with E-state index in [1.165, 1.54) is 12.8 Å². The highest BCUT2D eigenvalue weighted by molar-refractivity contribution is 5.85. The lowest BCUT2D eigenvalue weighted by Gasteiger charge is -2.25. The average Bonchev–Trinajstić information content (AvgIpc) is 2.19. The first-order chi connectivity index (χ1) is 4.38. The zero-order valence-corrected chi connectivity index (χ0v) is 6.73. The van der Waals surface area contributed by atoms with Crippen LogP contribution >= 0.6 is 12.4 Å². The molecular formula is C7H14ClNO. The molecule has 60 valence electrons. The lowest BCUT2D eigenvalue weighted by atomic mass is 9.97. The molecule has 3 heteroatoms. The van der Waals surface area contributed by atoms with Crippen LogP contribution in [0.2, 0.25) is 0 Å². The van der Waals surface area contributed by atoms with Crippen LogP contribution in [0, 0.1) is 11.8 Å². The van der Waals surface area contributed by atoms with Gasteiger partial charge in [0, 0.05) is 13.1 Å². The Bertz CT molecular complexity index is 104. The quantitative estimate of drug-likeness (QED) is 0.542. The van der Waals surface area contributed by atoms with Gasteiger partial charge in [0.05, 0.1) is 6.10 Å². The summed E-state index contributed by atoms with van der Waals surface area (Å²) in [6, 6.07) is 0. The van der Waals surface area contributed by atoms with Crippen molar-refractivity contribution in [3.63, 3.8) is 0 Å². The van der Waals surface area contributed by atoms with Crippen molar-refractivity contribution in [1.29, 1.82) is 0 Å². The molecule has 2 bridgehead atoms. The minimum absolute atomic E-state index is 0. The highest BCUT2D eigenvalue weighted by Crippen LogP contribution is 2.32. The van der Waals surface area contributed by atoms with Gasteiger partial charge in [0.25, 0.3) is 0 Å². The topological polar surface area (TPSA) is 32.3 Å². The van der Waals surface area contributed by atoms with Crippen LogP contribution in [0.5, 0.6) is 0 Å². The minimum atomic E-state index is 0. The van der Waals surface area contributed by atoms with Gasteiger partial charge in [-0.1, -0.05) is 0 Å². The van der Waals surface area contributed by atoms with Crippen LogP contribution in [0.1, 0.15) is 12.8 Å². The predicted octanol–water partition coefficient (Wildman–Crippen LogP) is 0.398. The van der Waals surface area contributed by atoms with Gasteiger partial charge in [-0.05, 0) is 24.7 Å². The molecular weight excluding hydrogens is 150 g/mol. The first kappa shape index (κ1) is 8.31. The molecule has 0 aromatic heterocycles. The van der Waals surface area contributed by atoms with Crippen LogP contribution in [0.25, 0.3) is 0 Å². The number of hydrogen-bond donors (Lipinski definition) is 2. The van der Waals surface area contributed by atoms with Gasteiger partial charge >= 0.3 is 0 Å². The van der Waals surface area contributed by atoms with E-state index in [-0.39, 0.29) is 18.5 Å². The Labute approximate surface area is 67.4 Å². The van der Waals surface area contributed by atoms with Crippen molar-refractivity contribution in [3.05, 3.63) is 0 Å². The van der Waals surface area contributed by atoms with Gasteiger partial charge in [0.1, 0.15) is 0 Å². The monoisotopic (exact) mass is 163 g/mol. The molecule has 1 saturated heterocycles. The smallest absolute Gasteiger partial charge is 0.0620 e. The van der Waals surface area contributed by atoms with E-state index < -0.39 is 0 Å².